The third-order valence-electron chi connectivity index (χ3n) is 5.62. The van der Waals surface area contributed by atoms with Gasteiger partial charge in [0, 0.05) is 17.4 Å². The van der Waals surface area contributed by atoms with Gasteiger partial charge in [0.25, 0.3) is 0 Å². The highest BCUT2D eigenvalue weighted by molar-refractivity contribution is 6.00. The minimum atomic E-state index is -4.49. The van der Waals surface area contributed by atoms with Gasteiger partial charge in [0.2, 0.25) is 0 Å². The van der Waals surface area contributed by atoms with Crippen molar-refractivity contribution in [3.63, 3.8) is 0 Å². The Balaban J connectivity index is 2.20. The summed E-state index contributed by atoms with van der Waals surface area (Å²) in [5, 5.41) is 0. The van der Waals surface area contributed by atoms with Crippen LogP contribution in [0.15, 0.2) is 46.8 Å². The lowest BCUT2D eigenvalue weighted by atomic mass is 9.79. The summed E-state index contributed by atoms with van der Waals surface area (Å²) in [6.07, 6.45) is -3.05. The van der Waals surface area contributed by atoms with Gasteiger partial charge < -0.3 is 14.4 Å². The summed E-state index contributed by atoms with van der Waals surface area (Å²) in [6.45, 7) is 8.82. The summed E-state index contributed by atoms with van der Waals surface area (Å²) in [7, 11) is 0. The predicted octanol–water partition coefficient (Wildman–Crippen LogP) is 5.33. The van der Waals surface area contributed by atoms with Gasteiger partial charge in [0.15, 0.2) is 0 Å². The molecule has 0 spiro atoms. The smallest absolute Gasteiger partial charge is 0.416 e. The molecule has 1 atom stereocenters. The van der Waals surface area contributed by atoms with E-state index >= 15 is 0 Å². The average Bonchev–Trinajstić information content (AvgIpc) is 3.51. The second kappa shape index (κ2) is 9.00. The van der Waals surface area contributed by atoms with Gasteiger partial charge in [0.1, 0.15) is 0 Å². The maximum absolute atomic E-state index is 13.2. The van der Waals surface area contributed by atoms with Crippen LogP contribution in [0.4, 0.5) is 13.2 Å². The molecule has 0 N–H and O–H groups in total. The van der Waals surface area contributed by atoms with Crippen LogP contribution in [0, 0.1) is 0 Å². The quantitative estimate of drug-likeness (QED) is 0.547. The van der Waals surface area contributed by atoms with Crippen molar-refractivity contribution in [2.45, 2.75) is 71.7 Å². The maximum Gasteiger partial charge on any atom is 0.416 e. The van der Waals surface area contributed by atoms with Gasteiger partial charge in [0.05, 0.1) is 35.3 Å². The van der Waals surface area contributed by atoms with Gasteiger partial charge in [-0.25, -0.2) is 9.59 Å². The van der Waals surface area contributed by atoms with E-state index in [1.54, 1.807) is 34.6 Å². The second-order valence-corrected chi connectivity index (χ2v) is 8.33. The molecule has 3 rings (SSSR count). The zero-order chi connectivity index (χ0) is 23.8. The van der Waals surface area contributed by atoms with Gasteiger partial charge in [-0.3, -0.25) is 0 Å². The number of hydrogen-bond acceptors (Lipinski definition) is 5. The van der Waals surface area contributed by atoms with Crippen LogP contribution in [0.1, 0.15) is 64.5 Å². The first-order valence-corrected chi connectivity index (χ1v) is 10.7. The number of carbonyl (C=O) groups excluding carboxylic acids is 2. The van der Waals surface area contributed by atoms with Gasteiger partial charge >= 0.3 is 18.1 Å². The van der Waals surface area contributed by atoms with Crippen LogP contribution >= 0.6 is 0 Å². The van der Waals surface area contributed by atoms with E-state index in [1.165, 1.54) is 12.1 Å². The minimum absolute atomic E-state index is 0.132. The van der Waals surface area contributed by atoms with Crippen molar-refractivity contribution >= 4 is 11.9 Å². The van der Waals surface area contributed by atoms with Crippen molar-refractivity contribution in [3.8, 4) is 0 Å². The molecule has 1 heterocycles. The molecule has 0 saturated heterocycles. The van der Waals surface area contributed by atoms with Crippen molar-refractivity contribution in [2.24, 2.45) is 0 Å². The molecule has 5 nitrogen and oxygen atoms in total. The Morgan fingerprint density at radius 1 is 1.03 bits per heavy atom. The SMILES string of the molecule is CCOC(=O)C1=C(C)N(C2CC2)C(C)=C(C(=O)OC(C)C)C1c1ccc(C(F)(F)F)cc1. The Kier molecular flexibility index (Phi) is 6.72. The first-order chi connectivity index (χ1) is 15.0. The van der Waals surface area contributed by atoms with Crippen molar-refractivity contribution in [2.75, 3.05) is 6.61 Å². The fourth-order valence-corrected chi connectivity index (χ4v) is 4.17. The number of esters is 2. The lowest BCUT2D eigenvalue weighted by Crippen LogP contribution is -2.37. The van der Waals surface area contributed by atoms with E-state index in [0.717, 1.165) is 25.0 Å². The molecule has 174 valence electrons. The molecule has 0 aromatic heterocycles. The molecule has 1 aromatic carbocycles. The Morgan fingerprint density at radius 3 is 2.00 bits per heavy atom. The Morgan fingerprint density at radius 2 is 1.56 bits per heavy atom. The molecule has 0 bridgehead atoms. The molecule has 0 radical (unpaired) electrons. The topological polar surface area (TPSA) is 55.8 Å². The van der Waals surface area contributed by atoms with Crippen LogP contribution in [-0.4, -0.2) is 35.6 Å². The zero-order valence-electron chi connectivity index (χ0n) is 18.9. The van der Waals surface area contributed by atoms with Crippen LogP contribution in [0.25, 0.3) is 0 Å². The average molecular weight is 451 g/mol. The van der Waals surface area contributed by atoms with Gasteiger partial charge in [-0.1, -0.05) is 12.1 Å². The molecule has 0 amide bonds. The third kappa shape index (κ3) is 4.69. The van der Waals surface area contributed by atoms with E-state index in [4.69, 9.17) is 9.47 Å². The number of alkyl halides is 3. The van der Waals surface area contributed by atoms with E-state index in [0.29, 0.717) is 17.0 Å². The highest BCUT2D eigenvalue weighted by atomic mass is 19.4. The first-order valence-electron chi connectivity index (χ1n) is 10.7. The number of allylic oxidation sites excluding steroid dienone is 2. The van der Waals surface area contributed by atoms with Crippen LogP contribution in [0.2, 0.25) is 0 Å². The van der Waals surface area contributed by atoms with Crippen LogP contribution < -0.4 is 0 Å². The van der Waals surface area contributed by atoms with E-state index in [9.17, 15) is 22.8 Å². The van der Waals surface area contributed by atoms with Gasteiger partial charge in [-0.2, -0.15) is 13.2 Å². The largest absolute Gasteiger partial charge is 0.463 e. The fourth-order valence-electron chi connectivity index (χ4n) is 4.17. The highest BCUT2D eigenvalue weighted by Crippen LogP contribution is 2.47. The maximum atomic E-state index is 13.2. The summed E-state index contributed by atoms with van der Waals surface area (Å²) in [4.78, 5) is 28.2. The normalized spacial score (nSPS) is 19.5. The second-order valence-electron chi connectivity index (χ2n) is 8.33. The van der Waals surface area contributed by atoms with Crippen molar-refractivity contribution < 1.29 is 32.2 Å². The van der Waals surface area contributed by atoms with Crippen LogP contribution in [-0.2, 0) is 25.2 Å². The molecule has 1 saturated carbocycles. The molecular formula is C24H28F3NO4. The van der Waals surface area contributed by atoms with E-state index < -0.39 is 35.7 Å². The Hall–Kier alpha value is -2.77. The summed E-state index contributed by atoms with van der Waals surface area (Å²) in [5.74, 6) is -2.08. The van der Waals surface area contributed by atoms with E-state index in [1.807, 2.05) is 4.90 Å². The van der Waals surface area contributed by atoms with Crippen molar-refractivity contribution in [1.29, 1.82) is 0 Å². The zero-order valence-corrected chi connectivity index (χ0v) is 18.9. The highest BCUT2D eigenvalue weighted by Gasteiger charge is 2.44. The summed E-state index contributed by atoms with van der Waals surface area (Å²) >= 11 is 0. The summed E-state index contributed by atoms with van der Waals surface area (Å²) in [6, 6.07) is 4.70. The third-order valence-corrected chi connectivity index (χ3v) is 5.62. The number of hydrogen-bond donors (Lipinski definition) is 0. The number of nitrogens with zero attached hydrogens (tertiary/aromatic N) is 1. The predicted molar refractivity (Wildman–Crippen MR) is 112 cm³/mol. The monoisotopic (exact) mass is 451 g/mol. The number of rotatable bonds is 6. The Bertz CT molecular complexity index is 956. The molecule has 32 heavy (non-hydrogen) atoms. The van der Waals surface area contributed by atoms with Crippen molar-refractivity contribution in [1.82, 2.24) is 4.90 Å². The molecule has 2 aliphatic rings. The molecule has 1 aliphatic carbocycles. The molecule has 1 fully saturated rings. The van der Waals surface area contributed by atoms with E-state index in [2.05, 4.69) is 0 Å². The number of ether oxygens (including phenoxy) is 2. The van der Waals surface area contributed by atoms with Gasteiger partial charge in [-0.15, -0.1) is 0 Å². The fraction of sp³-hybridized carbons (Fsp3) is 0.500. The number of carbonyl (C=O) groups is 2. The van der Waals surface area contributed by atoms with Gasteiger partial charge in [-0.05, 0) is 65.2 Å². The molecule has 1 aliphatic heterocycles. The lowest BCUT2D eigenvalue weighted by Gasteiger charge is -2.38. The van der Waals surface area contributed by atoms with Crippen molar-refractivity contribution in [3.05, 3.63) is 57.9 Å². The molecule has 1 unspecified atom stereocenters. The molecule has 1 aromatic rings. The minimum Gasteiger partial charge on any atom is -0.463 e. The standard InChI is InChI=1S/C24H28F3NO4/c1-6-31-22(29)19-14(4)28(18-11-12-18)15(5)20(23(30)32-13(2)3)21(19)16-7-9-17(10-8-16)24(25,26)27/h7-10,13,18,21H,6,11-12H2,1-5H3. The Labute approximate surface area is 185 Å². The summed E-state index contributed by atoms with van der Waals surface area (Å²) < 4.78 is 50.1. The number of halogens is 3. The summed E-state index contributed by atoms with van der Waals surface area (Å²) in [5.41, 5.74) is 1.38. The first kappa shape index (κ1) is 23.9. The van der Waals surface area contributed by atoms with Crippen LogP contribution in [0.3, 0.4) is 0 Å². The van der Waals surface area contributed by atoms with E-state index in [-0.39, 0.29) is 23.8 Å². The number of benzene rings is 1. The molecule has 8 heteroatoms. The lowest BCUT2D eigenvalue weighted by molar-refractivity contribution is -0.143. The van der Waals surface area contributed by atoms with Crippen LogP contribution in [0.5, 0.6) is 0 Å². The molecular weight excluding hydrogens is 423 g/mol.